The Hall–Kier alpha value is -2.02. The fourth-order valence-electron chi connectivity index (χ4n) is 1.69. The minimum Gasteiger partial charge on any atom is -0.465 e. The van der Waals surface area contributed by atoms with Crippen LogP contribution in [0.15, 0.2) is 28.0 Å². The smallest absolute Gasteiger partial charge is 0.465 e. The second kappa shape index (κ2) is 8.58. The second-order valence-electron chi connectivity index (χ2n) is 4.90. The summed E-state index contributed by atoms with van der Waals surface area (Å²) in [4.78, 5) is 19.4. The number of nitrogens with zero attached hydrogens (tertiary/aromatic N) is 1. The normalized spacial score (nSPS) is 13.2. The van der Waals surface area contributed by atoms with Gasteiger partial charge in [0.25, 0.3) is 15.5 Å². The number of rotatable bonds is 8. The van der Waals surface area contributed by atoms with Gasteiger partial charge in [-0.05, 0) is 18.6 Å². The number of hydrogen-bond donors (Lipinski definition) is 0. The molecule has 1 aromatic rings. The average Bonchev–Trinajstić information content (AvgIpc) is 2.53. The predicted octanol–water partition coefficient (Wildman–Crippen LogP) is 2.34. The first-order valence-corrected chi connectivity index (χ1v) is 9.85. The molecule has 0 N–H and O–H groups in total. The summed E-state index contributed by atoms with van der Waals surface area (Å²) in [7, 11) is -8.11. The third kappa shape index (κ3) is 5.24. The van der Waals surface area contributed by atoms with Gasteiger partial charge in [0, 0.05) is 6.07 Å². The van der Waals surface area contributed by atoms with Crippen molar-refractivity contribution in [3.8, 4) is 0 Å². The van der Waals surface area contributed by atoms with Crippen LogP contribution in [-0.4, -0.2) is 41.4 Å². The van der Waals surface area contributed by atoms with E-state index in [9.17, 15) is 40.7 Å². The fraction of sp³-hybridized carbons (Fsp3) is 0.462. The van der Waals surface area contributed by atoms with E-state index in [2.05, 4.69) is 0 Å². The zero-order valence-corrected chi connectivity index (χ0v) is 14.9. The van der Waals surface area contributed by atoms with Crippen molar-refractivity contribution in [2.24, 2.45) is 0 Å². The number of nitro groups is 1. The maximum atomic E-state index is 12.6. The Morgan fingerprint density at radius 1 is 1.35 bits per heavy atom. The molecule has 1 atom stereocenters. The van der Waals surface area contributed by atoms with Gasteiger partial charge in [-0.1, -0.05) is 13.3 Å². The van der Waals surface area contributed by atoms with Crippen molar-refractivity contribution in [1.29, 1.82) is 0 Å². The Balaban J connectivity index is 3.16. The van der Waals surface area contributed by atoms with Crippen LogP contribution in [0, 0.1) is 10.1 Å². The number of ether oxygens (including phenoxy) is 1. The molecule has 0 amide bonds. The molecule has 0 heterocycles. The molecule has 0 fully saturated rings. The van der Waals surface area contributed by atoms with E-state index in [1.807, 2.05) is 6.92 Å². The molecule has 0 aliphatic rings. The molecule has 1 rings (SSSR count). The van der Waals surface area contributed by atoms with E-state index in [-0.39, 0.29) is 12.7 Å². The molecular formula is C13H14F3NO7S2. The number of sulfone groups is 1. The third-order valence-corrected chi connectivity index (χ3v) is 5.81. The van der Waals surface area contributed by atoms with Crippen LogP contribution in [0.25, 0.3) is 0 Å². The highest BCUT2D eigenvalue weighted by Gasteiger charge is 2.47. The summed E-state index contributed by atoms with van der Waals surface area (Å²) in [5.74, 6) is -1.66. The van der Waals surface area contributed by atoms with Gasteiger partial charge in [-0.2, -0.15) is 13.2 Å². The first-order chi connectivity index (χ1) is 11.9. The number of alkyl halides is 3. The highest BCUT2D eigenvalue weighted by atomic mass is 32.2. The largest absolute Gasteiger partial charge is 0.501 e. The van der Waals surface area contributed by atoms with Crippen molar-refractivity contribution in [2.75, 3.05) is 12.4 Å². The Labute approximate surface area is 148 Å². The van der Waals surface area contributed by atoms with Crippen molar-refractivity contribution < 1.29 is 40.3 Å². The molecule has 0 bridgehead atoms. The van der Waals surface area contributed by atoms with E-state index in [1.54, 1.807) is 0 Å². The van der Waals surface area contributed by atoms with Gasteiger partial charge < -0.3 is 4.74 Å². The number of benzene rings is 1. The van der Waals surface area contributed by atoms with Crippen LogP contribution in [0.5, 0.6) is 0 Å². The second-order valence-corrected chi connectivity index (χ2v) is 8.26. The number of halogens is 3. The summed E-state index contributed by atoms with van der Waals surface area (Å²) in [5.41, 5.74) is -6.75. The van der Waals surface area contributed by atoms with Crippen molar-refractivity contribution in [3.63, 3.8) is 0 Å². The Morgan fingerprint density at radius 3 is 2.46 bits per heavy atom. The fourth-order valence-corrected chi connectivity index (χ4v) is 3.51. The first-order valence-electron chi connectivity index (χ1n) is 7.05. The Kier molecular flexibility index (Phi) is 7.26. The summed E-state index contributed by atoms with van der Waals surface area (Å²) in [6.07, 6.45) is 1.29. The SMILES string of the molecule is CCCCOC(=O)CS(=O)c1ccc(S(=O)(=O)C(F)(F)F)cc1[N+](=O)[O-]. The molecule has 0 saturated heterocycles. The number of carbonyl (C=O) groups excluding carboxylic acids is 1. The molecule has 146 valence electrons. The van der Waals surface area contributed by atoms with Gasteiger partial charge in [0.05, 0.1) is 27.2 Å². The number of esters is 1. The molecule has 1 unspecified atom stereocenters. The van der Waals surface area contributed by atoms with Gasteiger partial charge in [0.1, 0.15) is 10.6 Å². The van der Waals surface area contributed by atoms with E-state index in [0.29, 0.717) is 18.6 Å². The third-order valence-electron chi connectivity index (χ3n) is 3.00. The lowest BCUT2D eigenvalue weighted by Crippen LogP contribution is -2.23. The minimum absolute atomic E-state index is 0.0669. The van der Waals surface area contributed by atoms with Crippen molar-refractivity contribution >= 4 is 32.3 Å². The lowest BCUT2D eigenvalue weighted by atomic mass is 10.3. The standard InChI is InChI=1S/C13H14F3NO7S2/c1-2-3-6-24-12(18)8-25(21)11-5-4-9(7-10(11)17(19)20)26(22,23)13(14,15)16/h4-5,7H,2-3,6,8H2,1H3. The van der Waals surface area contributed by atoms with E-state index in [1.165, 1.54) is 0 Å². The molecule has 0 aliphatic carbocycles. The lowest BCUT2D eigenvalue weighted by Gasteiger charge is -2.09. The van der Waals surface area contributed by atoms with E-state index in [4.69, 9.17) is 4.74 Å². The maximum absolute atomic E-state index is 12.6. The van der Waals surface area contributed by atoms with E-state index >= 15 is 0 Å². The van der Waals surface area contributed by atoms with Crippen LogP contribution < -0.4 is 0 Å². The number of carbonyl (C=O) groups is 1. The van der Waals surface area contributed by atoms with Gasteiger partial charge in [-0.25, -0.2) is 8.42 Å². The zero-order valence-electron chi connectivity index (χ0n) is 13.3. The van der Waals surface area contributed by atoms with E-state index < -0.39 is 58.3 Å². The van der Waals surface area contributed by atoms with Crippen LogP contribution in [0.1, 0.15) is 19.8 Å². The molecule has 8 nitrogen and oxygen atoms in total. The van der Waals surface area contributed by atoms with Crippen LogP contribution in [-0.2, 0) is 30.2 Å². The molecule has 0 saturated carbocycles. The van der Waals surface area contributed by atoms with Crippen LogP contribution in [0.3, 0.4) is 0 Å². The van der Waals surface area contributed by atoms with Crippen molar-refractivity contribution in [1.82, 2.24) is 0 Å². The molecule has 0 spiro atoms. The minimum atomic E-state index is -5.81. The van der Waals surface area contributed by atoms with Crippen molar-refractivity contribution in [2.45, 2.75) is 35.1 Å². The molecule has 0 radical (unpaired) electrons. The zero-order chi connectivity index (χ0) is 20.1. The highest BCUT2D eigenvalue weighted by molar-refractivity contribution is 7.92. The average molecular weight is 417 g/mol. The lowest BCUT2D eigenvalue weighted by molar-refractivity contribution is -0.388. The summed E-state index contributed by atoms with van der Waals surface area (Å²) >= 11 is 0. The summed E-state index contributed by atoms with van der Waals surface area (Å²) in [6.45, 7) is 1.91. The predicted molar refractivity (Wildman–Crippen MR) is 83.5 cm³/mol. The molecule has 26 heavy (non-hydrogen) atoms. The number of nitro benzene ring substituents is 1. The van der Waals surface area contributed by atoms with Gasteiger partial charge in [0.15, 0.2) is 0 Å². The van der Waals surface area contributed by atoms with E-state index in [0.717, 1.165) is 6.42 Å². The van der Waals surface area contributed by atoms with Crippen molar-refractivity contribution in [3.05, 3.63) is 28.3 Å². The van der Waals surface area contributed by atoms with Gasteiger partial charge in [-0.15, -0.1) is 0 Å². The molecular weight excluding hydrogens is 403 g/mol. The number of hydrogen-bond acceptors (Lipinski definition) is 7. The van der Waals surface area contributed by atoms with Gasteiger partial charge >= 0.3 is 11.5 Å². The number of unbranched alkanes of at least 4 members (excludes halogenated alkanes) is 1. The highest BCUT2D eigenvalue weighted by Crippen LogP contribution is 2.34. The Bertz CT molecular complexity index is 822. The molecule has 1 aromatic carbocycles. The monoisotopic (exact) mass is 417 g/mol. The Morgan fingerprint density at radius 2 is 1.96 bits per heavy atom. The van der Waals surface area contributed by atoms with Gasteiger partial charge in [-0.3, -0.25) is 19.1 Å². The van der Waals surface area contributed by atoms with Gasteiger partial charge in [0.2, 0.25) is 0 Å². The molecule has 13 heteroatoms. The molecule has 0 aliphatic heterocycles. The topological polar surface area (TPSA) is 121 Å². The van der Waals surface area contributed by atoms with Crippen LogP contribution in [0.2, 0.25) is 0 Å². The quantitative estimate of drug-likeness (QED) is 0.275. The molecule has 0 aromatic heterocycles. The summed E-state index contributed by atoms with van der Waals surface area (Å²) < 4.78 is 77.2. The van der Waals surface area contributed by atoms with Crippen LogP contribution in [0.4, 0.5) is 18.9 Å². The summed E-state index contributed by atoms with van der Waals surface area (Å²) in [5, 5.41) is 11.0. The first kappa shape index (κ1) is 22.0. The maximum Gasteiger partial charge on any atom is 0.501 e. The van der Waals surface area contributed by atoms with Crippen LogP contribution >= 0.6 is 0 Å². The summed E-state index contributed by atoms with van der Waals surface area (Å²) in [6, 6.07) is 1.23.